The molecule has 9 nitrogen and oxygen atoms in total. The number of rotatable bonds is 10. The maximum atomic E-state index is 14.1. The molecule has 3 aromatic carbocycles. The number of nitrogens with zero attached hydrogens (tertiary/aromatic N) is 3. The molecule has 218 valence electrons. The number of fused-ring (bicyclic) bond motifs is 1. The van der Waals surface area contributed by atoms with E-state index in [0.717, 1.165) is 5.56 Å². The molecular formula is C33H29N3O6S. The number of carbonyl (C=O) groups is 1. The van der Waals surface area contributed by atoms with Crippen molar-refractivity contribution in [2.75, 3.05) is 26.9 Å². The molecule has 10 heteroatoms. The Morgan fingerprint density at radius 1 is 1.02 bits per heavy atom. The maximum absolute atomic E-state index is 14.1. The molecule has 1 atom stereocenters. The van der Waals surface area contributed by atoms with E-state index in [0.29, 0.717) is 50.0 Å². The number of thiazole rings is 1. The number of hydrogen-bond acceptors (Lipinski definition) is 9. The lowest BCUT2D eigenvalue weighted by molar-refractivity contribution is -0.138. The highest BCUT2D eigenvalue weighted by atomic mass is 32.1. The highest BCUT2D eigenvalue weighted by Gasteiger charge is 2.35. The second kappa shape index (κ2) is 13.2. The number of hydrogen-bond donors (Lipinski definition) is 0. The molecule has 5 rings (SSSR count). The van der Waals surface area contributed by atoms with Gasteiger partial charge in [0.2, 0.25) is 0 Å². The van der Waals surface area contributed by atoms with Crippen LogP contribution in [-0.2, 0) is 9.53 Å². The van der Waals surface area contributed by atoms with Crippen LogP contribution in [0.5, 0.6) is 17.2 Å². The second-order valence-corrected chi connectivity index (χ2v) is 10.3. The van der Waals surface area contributed by atoms with Crippen LogP contribution in [0.15, 0.2) is 88.2 Å². The van der Waals surface area contributed by atoms with Gasteiger partial charge in [0.15, 0.2) is 22.9 Å². The molecule has 0 bridgehead atoms. The quantitative estimate of drug-likeness (QED) is 0.252. The number of nitriles is 1. The Morgan fingerprint density at radius 2 is 1.79 bits per heavy atom. The minimum absolute atomic E-state index is 0.119. The van der Waals surface area contributed by atoms with Crippen LogP contribution in [0, 0.1) is 11.3 Å². The lowest BCUT2D eigenvalue weighted by Gasteiger charge is -2.26. The van der Waals surface area contributed by atoms with Gasteiger partial charge in [0.05, 0.1) is 42.2 Å². The zero-order chi connectivity index (χ0) is 30.3. The van der Waals surface area contributed by atoms with Crippen LogP contribution in [-0.4, -0.2) is 37.5 Å². The van der Waals surface area contributed by atoms with E-state index in [4.69, 9.17) is 29.2 Å². The molecule has 4 aromatic rings. The van der Waals surface area contributed by atoms with Gasteiger partial charge in [0.1, 0.15) is 11.8 Å². The number of methoxy groups -OCH3 is 1. The van der Waals surface area contributed by atoms with Crippen molar-refractivity contribution in [3.05, 3.63) is 115 Å². The van der Waals surface area contributed by atoms with Gasteiger partial charge in [0.25, 0.3) is 5.56 Å². The first-order valence-corrected chi connectivity index (χ1v) is 14.5. The Kier molecular flexibility index (Phi) is 9.03. The molecule has 0 saturated heterocycles. The van der Waals surface area contributed by atoms with Crippen LogP contribution in [0.4, 0.5) is 0 Å². The van der Waals surface area contributed by atoms with Gasteiger partial charge in [-0.15, -0.1) is 0 Å². The van der Waals surface area contributed by atoms with Crippen LogP contribution < -0.4 is 29.1 Å². The van der Waals surface area contributed by atoms with Crippen molar-refractivity contribution in [1.82, 2.24) is 4.57 Å². The zero-order valence-corrected chi connectivity index (χ0v) is 24.7. The fraction of sp³-hybridized carbons (Fsp3) is 0.212. The van der Waals surface area contributed by atoms with Gasteiger partial charge in [0, 0.05) is 5.56 Å². The Bertz CT molecular complexity index is 1890. The topological polar surface area (TPSA) is 112 Å². The molecule has 0 unspecified atom stereocenters. The summed E-state index contributed by atoms with van der Waals surface area (Å²) in [6, 6.07) is 23.1. The predicted octanol–water partition coefficient (Wildman–Crippen LogP) is 4.25. The van der Waals surface area contributed by atoms with E-state index < -0.39 is 12.0 Å². The summed E-state index contributed by atoms with van der Waals surface area (Å²) in [6.07, 6.45) is 1.74. The van der Waals surface area contributed by atoms with Gasteiger partial charge in [-0.05, 0) is 55.3 Å². The first-order valence-electron chi connectivity index (χ1n) is 13.7. The Labute approximate surface area is 252 Å². The van der Waals surface area contributed by atoms with Crippen LogP contribution in [0.1, 0.15) is 36.6 Å². The molecule has 0 N–H and O–H groups in total. The lowest BCUT2D eigenvalue weighted by Crippen LogP contribution is -2.40. The first-order chi connectivity index (χ1) is 21.0. The van der Waals surface area contributed by atoms with Crippen LogP contribution >= 0.6 is 11.3 Å². The third-order valence-electron chi connectivity index (χ3n) is 6.66. The van der Waals surface area contributed by atoms with Gasteiger partial charge in [-0.2, -0.15) is 5.26 Å². The minimum atomic E-state index is -0.792. The molecule has 0 spiro atoms. The van der Waals surface area contributed by atoms with E-state index in [1.807, 2.05) is 67.6 Å². The normalized spacial score (nSPS) is 14.4. The average molecular weight is 596 g/mol. The summed E-state index contributed by atoms with van der Waals surface area (Å²) in [5.41, 5.74) is 2.56. The lowest BCUT2D eigenvalue weighted by atomic mass is 9.93. The molecule has 2 heterocycles. The number of esters is 1. The summed E-state index contributed by atoms with van der Waals surface area (Å²) < 4.78 is 24.0. The van der Waals surface area contributed by atoms with E-state index in [1.54, 1.807) is 35.8 Å². The van der Waals surface area contributed by atoms with Gasteiger partial charge in [-0.25, -0.2) is 9.79 Å². The molecule has 1 aliphatic heterocycles. The molecule has 0 fully saturated rings. The van der Waals surface area contributed by atoms with Crippen molar-refractivity contribution in [2.24, 2.45) is 4.99 Å². The van der Waals surface area contributed by atoms with Crippen molar-refractivity contribution in [2.45, 2.75) is 19.9 Å². The van der Waals surface area contributed by atoms with Gasteiger partial charge in [-0.3, -0.25) is 9.36 Å². The largest absolute Gasteiger partial charge is 0.494 e. The Morgan fingerprint density at radius 3 is 2.47 bits per heavy atom. The third-order valence-corrected chi connectivity index (χ3v) is 7.64. The predicted molar refractivity (Wildman–Crippen MR) is 163 cm³/mol. The van der Waals surface area contributed by atoms with Crippen molar-refractivity contribution in [3.8, 4) is 23.3 Å². The summed E-state index contributed by atoms with van der Waals surface area (Å²) in [6.45, 7) is 4.21. The first kappa shape index (κ1) is 29.4. The summed E-state index contributed by atoms with van der Waals surface area (Å²) in [5.74, 6) is 0.987. The molecule has 1 aromatic heterocycles. The fourth-order valence-corrected chi connectivity index (χ4v) is 5.82. The SMILES string of the molecule is CCOC(=O)C1=C(c2ccccc2)N=c2s/c(=C\c3ccc(OCC#N)c(OC)c3)c(=O)n2[C@H]1c1ccc(OCC)cc1. The monoisotopic (exact) mass is 595 g/mol. The molecule has 43 heavy (non-hydrogen) atoms. The van der Waals surface area contributed by atoms with E-state index in [-0.39, 0.29) is 24.3 Å². The van der Waals surface area contributed by atoms with E-state index in [9.17, 15) is 9.59 Å². The summed E-state index contributed by atoms with van der Waals surface area (Å²) in [5, 5.41) is 8.86. The number of carbonyl (C=O) groups excluding carboxylic acids is 1. The standard InChI is InChI=1S/C33H29N3O6S/c1-4-40-24-14-12-23(13-15-24)30-28(32(38)41-5-2)29(22-9-7-6-8-10-22)35-33-36(30)31(37)27(43-33)20-21-11-16-25(42-18-17-34)26(19-21)39-3/h6-16,19-20,30H,4-5,18H2,1-3H3/b27-20-/t30-/m0/s1. The van der Waals surface area contributed by atoms with Gasteiger partial charge < -0.3 is 18.9 Å². The molecular weight excluding hydrogens is 566 g/mol. The van der Waals surface area contributed by atoms with Crippen molar-refractivity contribution in [1.29, 1.82) is 5.26 Å². The summed E-state index contributed by atoms with van der Waals surface area (Å²) in [4.78, 5) is 33.0. The number of aromatic nitrogens is 1. The van der Waals surface area contributed by atoms with Crippen LogP contribution in [0.2, 0.25) is 0 Å². The van der Waals surface area contributed by atoms with Gasteiger partial charge in [-0.1, -0.05) is 59.9 Å². The van der Waals surface area contributed by atoms with E-state index in [2.05, 4.69) is 0 Å². The highest BCUT2D eigenvalue weighted by molar-refractivity contribution is 7.07. The second-order valence-electron chi connectivity index (χ2n) is 9.29. The highest BCUT2D eigenvalue weighted by Crippen LogP contribution is 2.36. The molecule has 0 amide bonds. The molecule has 0 saturated carbocycles. The van der Waals surface area contributed by atoms with Crippen molar-refractivity contribution >= 4 is 29.1 Å². The molecule has 0 radical (unpaired) electrons. The minimum Gasteiger partial charge on any atom is -0.494 e. The number of ether oxygens (including phenoxy) is 4. The maximum Gasteiger partial charge on any atom is 0.338 e. The molecule has 1 aliphatic rings. The van der Waals surface area contributed by atoms with Crippen molar-refractivity contribution in [3.63, 3.8) is 0 Å². The zero-order valence-electron chi connectivity index (χ0n) is 23.9. The van der Waals surface area contributed by atoms with Crippen molar-refractivity contribution < 1.29 is 23.7 Å². The third kappa shape index (κ3) is 6.08. The Balaban J connectivity index is 1.74. The Hall–Kier alpha value is -5.14. The van der Waals surface area contributed by atoms with Gasteiger partial charge >= 0.3 is 5.97 Å². The fourth-order valence-electron chi connectivity index (χ4n) is 4.82. The van der Waals surface area contributed by atoms with E-state index >= 15 is 0 Å². The summed E-state index contributed by atoms with van der Waals surface area (Å²) >= 11 is 1.23. The molecule has 0 aliphatic carbocycles. The number of benzene rings is 3. The smallest absolute Gasteiger partial charge is 0.338 e. The van der Waals surface area contributed by atoms with Crippen LogP contribution in [0.3, 0.4) is 0 Å². The van der Waals surface area contributed by atoms with E-state index in [1.165, 1.54) is 18.4 Å². The average Bonchev–Trinajstić information content (AvgIpc) is 3.34. The summed E-state index contributed by atoms with van der Waals surface area (Å²) in [7, 11) is 1.51. The van der Waals surface area contributed by atoms with Crippen LogP contribution in [0.25, 0.3) is 11.8 Å².